The predicted molar refractivity (Wildman–Crippen MR) is 283 cm³/mol. The zero-order chi connectivity index (χ0) is 55.8. The Morgan fingerprint density at radius 2 is 1.55 bits per heavy atom. The first-order valence-corrected chi connectivity index (χ1v) is 27.2. The van der Waals surface area contributed by atoms with Gasteiger partial charge in [0.25, 0.3) is 16.0 Å². The number of ketones is 1. The molecule has 24 heteroatoms. The van der Waals surface area contributed by atoms with Gasteiger partial charge in [-0.15, -0.1) is 0 Å². The van der Waals surface area contributed by atoms with Crippen LogP contribution in [0.1, 0.15) is 156 Å². The summed E-state index contributed by atoms with van der Waals surface area (Å²) < 4.78 is 38.1. The number of esters is 1. The topological polar surface area (TPSA) is 364 Å². The standard InChI is InChI=1S/C52H71N11O12S/c1-8-33-26(2)36-22-41-46(30(6)64)28(4)38(60-41)20-37-27(3)34(18-42(65)57-23-31(17-44(67)68)24-58-50(70)32-11-10-15-63(25-32)43(66)12-9-13-56-52(53)54)48(61-37)35(19-45(69)75-7)49-47(51(71)55-14-16-76(72,73)74)29(5)39(62-49)21-40(33)59-36/h20-22,26-27,31-34,60,62H,8-19,23-25H2,1-7H3,(H,55,71)(H,57,65)(H,58,70)(H,67,68)(H4,53,54,56)(H,72,73,74)/t26-,27+,31?,32?,33-,34+/m1/s1. The van der Waals surface area contributed by atoms with Crippen LogP contribution in [0.15, 0.2) is 23.2 Å². The van der Waals surface area contributed by atoms with Crippen LogP contribution < -0.4 is 27.4 Å². The Hall–Kier alpha value is -7.21. The van der Waals surface area contributed by atoms with Gasteiger partial charge in [0.05, 0.1) is 53.9 Å². The molecule has 0 aliphatic carbocycles. The number of carbonyl (C=O) groups excluding carboxylic acids is 6. The molecule has 1 saturated heterocycles. The number of hydrogen-bond donors (Lipinski definition) is 9. The maximum Gasteiger partial charge on any atom is 0.310 e. The van der Waals surface area contributed by atoms with E-state index in [0.29, 0.717) is 89.1 Å². The highest BCUT2D eigenvalue weighted by Crippen LogP contribution is 2.43. The number of nitrogens with zero attached hydrogens (tertiary/aromatic N) is 4. The van der Waals surface area contributed by atoms with E-state index in [-0.39, 0.29) is 90.2 Å². The number of aliphatic imine (C=N–C) groups is 1. The van der Waals surface area contributed by atoms with Crippen LogP contribution in [0.4, 0.5) is 0 Å². The maximum atomic E-state index is 14.3. The van der Waals surface area contributed by atoms with Crippen LogP contribution in [0.5, 0.6) is 0 Å². The largest absolute Gasteiger partial charge is 0.481 e. The summed E-state index contributed by atoms with van der Waals surface area (Å²) in [5.41, 5.74) is 16.3. The number of aryl methyl sites for hydroxylation is 2. The monoisotopic (exact) mass is 1070 g/mol. The Labute approximate surface area is 441 Å². The number of H-pyrrole nitrogens is 2. The summed E-state index contributed by atoms with van der Waals surface area (Å²) >= 11 is 0. The molecular formula is C52H71N11O12S. The van der Waals surface area contributed by atoms with E-state index in [2.05, 4.69) is 30.9 Å². The summed E-state index contributed by atoms with van der Waals surface area (Å²) in [6, 6.07) is 5.46. The molecule has 3 aromatic rings. The lowest BCUT2D eigenvalue weighted by molar-refractivity contribution is -0.140. The average molecular weight is 1070 g/mol. The van der Waals surface area contributed by atoms with E-state index >= 15 is 0 Å². The smallest absolute Gasteiger partial charge is 0.310 e. The number of aromatic amines is 2. The summed E-state index contributed by atoms with van der Waals surface area (Å²) in [5, 5.41) is 18.2. The lowest BCUT2D eigenvalue weighted by Crippen LogP contribution is -2.47. The number of piperidine rings is 1. The molecule has 6 rings (SSSR count). The number of nitrogens with one attached hydrogen (secondary N) is 5. The Morgan fingerprint density at radius 3 is 2.21 bits per heavy atom. The maximum absolute atomic E-state index is 14.3. The van der Waals surface area contributed by atoms with Crippen molar-refractivity contribution in [3.8, 4) is 0 Å². The first-order valence-electron chi connectivity index (χ1n) is 25.6. The highest BCUT2D eigenvalue weighted by Gasteiger charge is 2.36. The summed E-state index contributed by atoms with van der Waals surface area (Å²) in [5.74, 6) is -7.45. The van der Waals surface area contributed by atoms with Crippen LogP contribution in [0.25, 0.3) is 22.1 Å². The third-order valence-corrected chi connectivity index (χ3v) is 15.4. The predicted octanol–water partition coefficient (Wildman–Crippen LogP) is 3.66. The van der Waals surface area contributed by atoms with Gasteiger partial charge in [-0.25, -0.2) is 0 Å². The van der Waals surface area contributed by atoms with E-state index in [1.54, 1.807) is 17.9 Å². The van der Waals surface area contributed by atoms with Crippen LogP contribution in [0, 0.1) is 25.7 Å². The molecule has 0 saturated carbocycles. The molecule has 4 amide bonds. The van der Waals surface area contributed by atoms with Crippen molar-refractivity contribution < 1.29 is 56.4 Å². The number of amides is 4. The van der Waals surface area contributed by atoms with Crippen molar-refractivity contribution in [2.75, 3.05) is 52.1 Å². The van der Waals surface area contributed by atoms with Crippen molar-refractivity contribution in [1.29, 1.82) is 0 Å². The van der Waals surface area contributed by atoms with E-state index in [1.165, 1.54) is 14.0 Å². The SMILES string of the molecule is CC[C@H]1c2cc3[nH]c(c(CC(=O)OC)c4nc(cc5[nH]c(cc(n2)[C@@H]1C)c(C(C)=O)c5C)[C@@H](C)[C@@H]4CC(=O)NCC(CNC(=O)C1CCCN(C(=O)CCCN=C(N)N)C1)CC(=O)O)c(C(=O)NCCS(=O)(=O)O)c3C. The summed E-state index contributed by atoms with van der Waals surface area (Å²) in [6.07, 6.45) is 1.34. The first-order chi connectivity index (χ1) is 35.9. The third kappa shape index (κ3) is 14.2. The van der Waals surface area contributed by atoms with E-state index in [1.807, 2.05) is 39.8 Å². The minimum Gasteiger partial charge on any atom is -0.481 e. The second kappa shape index (κ2) is 25.1. The van der Waals surface area contributed by atoms with Crippen molar-refractivity contribution in [3.05, 3.63) is 68.8 Å². The molecule has 0 radical (unpaired) electrons. The van der Waals surface area contributed by atoms with Gasteiger partial charge in [-0.3, -0.25) is 53.1 Å². The molecule has 3 aliphatic rings. The van der Waals surface area contributed by atoms with Gasteiger partial charge in [-0.2, -0.15) is 8.42 Å². The molecule has 2 unspecified atom stereocenters. The van der Waals surface area contributed by atoms with Crippen molar-refractivity contribution in [3.63, 3.8) is 0 Å². The molecule has 1 fully saturated rings. The molecular weight excluding hydrogens is 1000 g/mol. The van der Waals surface area contributed by atoms with E-state index in [0.717, 1.165) is 0 Å². The van der Waals surface area contributed by atoms with Gasteiger partial charge in [-0.05, 0) is 75.8 Å². The zero-order valence-electron chi connectivity index (χ0n) is 44.1. The van der Waals surface area contributed by atoms with Gasteiger partial charge in [0, 0.05) is 121 Å². The number of fused-ring (bicyclic) bond motifs is 8. The number of methoxy groups -OCH3 is 1. The number of nitrogens with two attached hydrogens (primary N) is 2. The number of hydrogen-bond acceptors (Lipinski definition) is 13. The molecule has 3 aromatic heterocycles. The Kier molecular flexibility index (Phi) is 19.2. The van der Waals surface area contributed by atoms with E-state index in [4.69, 9.17) is 26.2 Å². The van der Waals surface area contributed by atoms with Crippen LogP contribution in [-0.2, 0) is 45.2 Å². The summed E-state index contributed by atoms with van der Waals surface area (Å²) in [4.78, 5) is 117. The van der Waals surface area contributed by atoms with Crippen molar-refractivity contribution in [2.24, 2.45) is 28.3 Å². The Morgan fingerprint density at radius 1 is 0.908 bits per heavy atom. The molecule has 3 aliphatic heterocycles. The number of ether oxygens (including phenoxy) is 1. The minimum atomic E-state index is -4.47. The van der Waals surface area contributed by atoms with Crippen molar-refractivity contribution in [2.45, 2.75) is 117 Å². The van der Waals surface area contributed by atoms with Gasteiger partial charge in [-0.1, -0.05) is 20.8 Å². The fraction of sp³-hybridized carbons (Fsp3) is 0.538. The highest BCUT2D eigenvalue weighted by molar-refractivity contribution is 7.85. The zero-order valence-corrected chi connectivity index (χ0v) is 44.9. The number of aliphatic carboxylic acids is 1. The molecule has 6 heterocycles. The first kappa shape index (κ1) is 58.1. The van der Waals surface area contributed by atoms with Crippen molar-refractivity contribution >= 4 is 79.5 Å². The molecule has 76 heavy (non-hydrogen) atoms. The summed E-state index contributed by atoms with van der Waals surface area (Å²) in [6.45, 7) is 11.2. The number of likely N-dealkylation sites (tertiary alicyclic amines) is 1. The number of aromatic nitrogens is 4. The Bertz CT molecular complexity index is 3070. The van der Waals surface area contributed by atoms with Crippen LogP contribution in [-0.4, -0.2) is 142 Å². The molecule has 412 valence electrons. The third-order valence-electron chi connectivity index (χ3n) is 14.7. The molecule has 11 N–H and O–H groups in total. The molecule has 0 spiro atoms. The van der Waals surface area contributed by atoms with Crippen molar-refractivity contribution in [1.82, 2.24) is 40.8 Å². The molecule has 23 nitrogen and oxygen atoms in total. The van der Waals surface area contributed by atoms with E-state index in [9.17, 15) is 51.6 Å². The number of carbonyl (C=O) groups is 7. The fourth-order valence-electron chi connectivity index (χ4n) is 10.5. The van der Waals surface area contributed by atoms with Crippen LogP contribution >= 0.6 is 0 Å². The van der Waals surface area contributed by atoms with Gasteiger partial charge >= 0.3 is 11.9 Å². The fourth-order valence-corrected chi connectivity index (χ4v) is 10.9. The lowest BCUT2D eigenvalue weighted by atomic mass is 9.85. The number of Topliss-reactive ketones (excluding diaryl/α,β-unsaturated/α-hetero) is 1. The van der Waals surface area contributed by atoms with Crippen LogP contribution in [0.3, 0.4) is 0 Å². The summed E-state index contributed by atoms with van der Waals surface area (Å²) in [7, 11) is -3.27. The average Bonchev–Trinajstić information content (AvgIpc) is 4.05. The second-order valence-electron chi connectivity index (χ2n) is 20.0. The normalized spacial score (nSPS) is 18.8. The number of carboxylic acids is 1. The van der Waals surface area contributed by atoms with Crippen LogP contribution in [0.2, 0.25) is 0 Å². The minimum absolute atomic E-state index is 0.0393. The quantitative estimate of drug-likeness (QED) is 0.0184. The molecule has 6 atom stereocenters. The number of rotatable bonds is 21. The number of guanidine groups is 1. The van der Waals surface area contributed by atoms with Gasteiger partial charge in [0.15, 0.2) is 11.7 Å². The molecule has 0 aromatic carbocycles. The second-order valence-corrected chi connectivity index (χ2v) is 21.6. The Balaban J connectivity index is 1.41. The van der Waals surface area contributed by atoms with Gasteiger partial charge < -0.3 is 52.1 Å². The number of carboxylic acid groups (broad SMARTS) is 1. The highest BCUT2D eigenvalue weighted by atomic mass is 32.2. The van der Waals surface area contributed by atoms with Gasteiger partial charge in [0.1, 0.15) is 0 Å². The lowest BCUT2D eigenvalue weighted by Gasteiger charge is -2.32. The van der Waals surface area contributed by atoms with E-state index < -0.39 is 82.7 Å². The van der Waals surface area contributed by atoms with Gasteiger partial charge in [0.2, 0.25) is 17.7 Å². The molecule has 8 bridgehead atoms.